The van der Waals surface area contributed by atoms with E-state index in [0.717, 1.165) is 39.5 Å². The summed E-state index contributed by atoms with van der Waals surface area (Å²) in [4.78, 5) is 13.3. The van der Waals surface area contributed by atoms with Crippen molar-refractivity contribution in [3.63, 3.8) is 0 Å². The van der Waals surface area contributed by atoms with Crippen molar-refractivity contribution in [1.82, 2.24) is 38.6 Å². The van der Waals surface area contributed by atoms with Gasteiger partial charge >= 0.3 is 0 Å². The SMILES string of the molecule is c1cn2cc(-c3cn4nc(-c5cc6nccnn6c5)ccc4n3)ccc2n1. The van der Waals surface area contributed by atoms with Crippen molar-refractivity contribution in [2.75, 3.05) is 0 Å². The van der Waals surface area contributed by atoms with Gasteiger partial charge in [-0.1, -0.05) is 0 Å². The first-order valence-corrected chi connectivity index (χ1v) is 8.43. The molecule has 0 unspecified atom stereocenters. The first-order valence-electron chi connectivity index (χ1n) is 8.43. The summed E-state index contributed by atoms with van der Waals surface area (Å²) < 4.78 is 5.51. The van der Waals surface area contributed by atoms with Crippen molar-refractivity contribution < 1.29 is 0 Å². The molecule has 6 aromatic rings. The molecule has 0 fully saturated rings. The summed E-state index contributed by atoms with van der Waals surface area (Å²) in [7, 11) is 0. The molecule has 8 nitrogen and oxygen atoms in total. The molecule has 8 heteroatoms. The highest BCUT2D eigenvalue weighted by atomic mass is 15.3. The quantitative estimate of drug-likeness (QED) is 0.479. The smallest absolute Gasteiger partial charge is 0.154 e. The van der Waals surface area contributed by atoms with Gasteiger partial charge in [0, 0.05) is 42.1 Å². The summed E-state index contributed by atoms with van der Waals surface area (Å²) in [5.74, 6) is 0. The van der Waals surface area contributed by atoms with Crippen LogP contribution in [0.5, 0.6) is 0 Å². The largest absolute Gasteiger partial charge is 0.306 e. The molecule has 0 aliphatic carbocycles. The lowest BCUT2D eigenvalue weighted by Gasteiger charge is -1.98. The number of pyridine rings is 1. The maximum absolute atomic E-state index is 4.71. The van der Waals surface area contributed by atoms with Gasteiger partial charge in [0.1, 0.15) is 5.65 Å². The van der Waals surface area contributed by atoms with Gasteiger partial charge in [-0.25, -0.2) is 24.0 Å². The van der Waals surface area contributed by atoms with Crippen LogP contribution in [-0.2, 0) is 0 Å². The Bertz CT molecular complexity index is 1410. The van der Waals surface area contributed by atoms with Crippen molar-refractivity contribution in [2.24, 2.45) is 0 Å². The Hall–Kier alpha value is -4.07. The lowest BCUT2D eigenvalue weighted by atomic mass is 10.2. The molecule has 128 valence electrons. The van der Waals surface area contributed by atoms with Gasteiger partial charge in [0.25, 0.3) is 0 Å². The molecule has 27 heavy (non-hydrogen) atoms. The second-order valence-electron chi connectivity index (χ2n) is 6.23. The normalized spacial score (nSPS) is 11.7. The van der Waals surface area contributed by atoms with Gasteiger partial charge in [0.05, 0.1) is 23.8 Å². The van der Waals surface area contributed by atoms with E-state index in [2.05, 4.69) is 20.1 Å². The molecule has 0 saturated carbocycles. The van der Waals surface area contributed by atoms with E-state index >= 15 is 0 Å². The first kappa shape index (κ1) is 14.1. The van der Waals surface area contributed by atoms with E-state index in [1.54, 1.807) is 27.6 Å². The van der Waals surface area contributed by atoms with Gasteiger partial charge in [0.2, 0.25) is 0 Å². The maximum Gasteiger partial charge on any atom is 0.154 e. The Kier molecular flexibility index (Phi) is 2.73. The predicted molar refractivity (Wildman–Crippen MR) is 99.2 cm³/mol. The molecule has 0 aromatic carbocycles. The second kappa shape index (κ2) is 5.21. The molecule has 6 heterocycles. The molecule has 0 saturated heterocycles. The van der Waals surface area contributed by atoms with Crippen LogP contribution in [0.1, 0.15) is 0 Å². The fourth-order valence-corrected chi connectivity index (χ4v) is 3.23. The molecule has 0 spiro atoms. The number of fused-ring (bicyclic) bond motifs is 3. The third-order valence-corrected chi connectivity index (χ3v) is 4.55. The van der Waals surface area contributed by atoms with Gasteiger partial charge in [-0.15, -0.1) is 0 Å². The van der Waals surface area contributed by atoms with Gasteiger partial charge in [0.15, 0.2) is 11.3 Å². The third kappa shape index (κ3) is 2.20. The van der Waals surface area contributed by atoms with Crippen LogP contribution in [0.2, 0.25) is 0 Å². The van der Waals surface area contributed by atoms with Gasteiger partial charge in [-0.2, -0.15) is 10.2 Å². The molecule has 6 rings (SSSR count). The molecule has 0 bridgehead atoms. The summed E-state index contributed by atoms with van der Waals surface area (Å²) in [6.45, 7) is 0. The Balaban J connectivity index is 1.46. The average Bonchev–Trinajstić information content (AvgIpc) is 3.42. The zero-order chi connectivity index (χ0) is 17.8. The zero-order valence-corrected chi connectivity index (χ0v) is 14.0. The summed E-state index contributed by atoms with van der Waals surface area (Å²) >= 11 is 0. The minimum Gasteiger partial charge on any atom is -0.306 e. The molecule has 0 amide bonds. The van der Waals surface area contributed by atoms with Crippen molar-refractivity contribution in [1.29, 1.82) is 0 Å². The van der Waals surface area contributed by atoms with Crippen LogP contribution in [0.4, 0.5) is 0 Å². The van der Waals surface area contributed by atoms with Crippen molar-refractivity contribution in [3.05, 3.63) is 73.7 Å². The second-order valence-corrected chi connectivity index (χ2v) is 6.23. The van der Waals surface area contributed by atoms with E-state index in [9.17, 15) is 0 Å². The summed E-state index contributed by atoms with van der Waals surface area (Å²) in [6.07, 6.45) is 12.9. The van der Waals surface area contributed by atoms with Crippen LogP contribution in [0.15, 0.2) is 73.7 Å². The number of aromatic nitrogens is 8. The minimum atomic E-state index is 0.786. The van der Waals surface area contributed by atoms with E-state index < -0.39 is 0 Å². The first-order chi connectivity index (χ1) is 13.3. The Morgan fingerprint density at radius 1 is 0.667 bits per heavy atom. The van der Waals surface area contributed by atoms with Gasteiger partial charge in [-0.3, -0.25) is 0 Å². The van der Waals surface area contributed by atoms with Gasteiger partial charge < -0.3 is 4.40 Å². The lowest BCUT2D eigenvalue weighted by molar-refractivity contribution is 0.908. The monoisotopic (exact) mass is 352 g/mol. The molecular formula is C19H12N8. The van der Waals surface area contributed by atoms with E-state index in [4.69, 9.17) is 5.10 Å². The Morgan fingerprint density at radius 3 is 2.56 bits per heavy atom. The molecule has 0 radical (unpaired) electrons. The highest BCUT2D eigenvalue weighted by Gasteiger charge is 2.10. The number of hydrogen-bond donors (Lipinski definition) is 0. The summed E-state index contributed by atoms with van der Waals surface area (Å²) in [6, 6.07) is 9.88. The highest BCUT2D eigenvalue weighted by Crippen LogP contribution is 2.23. The molecule has 0 aliphatic rings. The van der Waals surface area contributed by atoms with Crippen LogP contribution < -0.4 is 0 Å². The third-order valence-electron chi connectivity index (χ3n) is 4.55. The van der Waals surface area contributed by atoms with Crippen LogP contribution in [0, 0.1) is 0 Å². The van der Waals surface area contributed by atoms with E-state index in [-0.39, 0.29) is 0 Å². The van der Waals surface area contributed by atoms with E-state index in [1.165, 1.54) is 0 Å². The lowest BCUT2D eigenvalue weighted by Crippen LogP contribution is -1.92. The number of hydrogen-bond acceptors (Lipinski definition) is 5. The standard InChI is InChI=1S/C19H12N8/c1-3-17-21-7-8-25(17)10-13(1)16-12-27-18(23-16)4-2-15(24-27)14-9-19-20-5-6-22-26(19)11-14/h1-12H. The average molecular weight is 352 g/mol. The van der Waals surface area contributed by atoms with E-state index in [0.29, 0.717) is 0 Å². The summed E-state index contributed by atoms with van der Waals surface area (Å²) in [5.41, 5.74) is 6.15. The van der Waals surface area contributed by atoms with Crippen LogP contribution in [-0.4, -0.2) is 38.6 Å². The fourth-order valence-electron chi connectivity index (χ4n) is 3.23. The van der Waals surface area contributed by atoms with Crippen molar-refractivity contribution in [3.8, 4) is 22.5 Å². The van der Waals surface area contributed by atoms with E-state index in [1.807, 2.05) is 59.5 Å². The van der Waals surface area contributed by atoms with Crippen molar-refractivity contribution >= 4 is 16.9 Å². The summed E-state index contributed by atoms with van der Waals surface area (Å²) in [5, 5.41) is 8.96. The van der Waals surface area contributed by atoms with Gasteiger partial charge in [-0.05, 0) is 30.3 Å². The number of nitrogens with zero attached hydrogens (tertiary/aromatic N) is 8. The number of rotatable bonds is 2. The topological polar surface area (TPSA) is 77.7 Å². The maximum atomic E-state index is 4.71. The molecular weight excluding hydrogens is 340 g/mol. The predicted octanol–water partition coefficient (Wildman–Crippen LogP) is 2.75. The molecule has 0 atom stereocenters. The molecule has 0 N–H and O–H groups in total. The Morgan fingerprint density at radius 2 is 1.59 bits per heavy atom. The minimum absolute atomic E-state index is 0.786. The van der Waals surface area contributed by atoms with Crippen LogP contribution in [0.3, 0.4) is 0 Å². The van der Waals surface area contributed by atoms with Crippen LogP contribution >= 0.6 is 0 Å². The molecule has 0 aliphatic heterocycles. The van der Waals surface area contributed by atoms with Crippen LogP contribution in [0.25, 0.3) is 39.5 Å². The Labute approximate surface area is 152 Å². The number of imidazole rings is 2. The fraction of sp³-hybridized carbons (Fsp3) is 0. The molecule has 6 aromatic heterocycles. The zero-order valence-electron chi connectivity index (χ0n) is 14.0. The highest BCUT2D eigenvalue weighted by molar-refractivity contribution is 5.67. The van der Waals surface area contributed by atoms with Crippen molar-refractivity contribution in [2.45, 2.75) is 0 Å².